The van der Waals surface area contributed by atoms with Gasteiger partial charge in [0.15, 0.2) is 0 Å². The average molecular weight is 556 g/mol. The van der Waals surface area contributed by atoms with Crippen LogP contribution in [0.5, 0.6) is 0 Å². The fraction of sp³-hybridized carbons (Fsp3) is 0.920. The number of rotatable bonds is 25. The predicted octanol–water partition coefficient (Wildman–Crippen LogP) is 2.86. The fourth-order valence-corrected chi connectivity index (χ4v) is 4.09. The van der Waals surface area contributed by atoms with Crippen molar-refractivity contribution >= 4 is 11.9 Å². The second-order valence-electron chi connectivity index (χ2n) is 7.64. The Bertz CT molecular complexity index is 590. The molecular weight excluding hydrogens is 506 g/mol. The van der Waals surface area contributed by atoms with Crippen LogP contribution >= 0.6 is 0 Å². The van der Waals surface area contributed by atoms with Crippen LogP contribution in [-0.4, -0.2) is 110 Å². The molecule has 0 radical (unpaired) electrons. The summed E-state index contributed by atoms with van der Waals surface area (Å²) in [7, 11) is 0. The second-order valence-corrected chi connectivity index (χ2v) is 7.64. The molecule has 0 fully saturated rings. The summed E-state index contributed by atoms with van der Waals surface area (Å²) in [6, 6.07) is -1.60. The van der Waals surface area contributed by atoms with Crippen molar-refractivity contribution in [2.24, 2.45) is 0 Å². The van der Waals surface area contributed by atoms with E-state index in [1.54, 1.807) is 55.4 Å². The van der Waals surface area contributed by atoms with E-state index in [1.807, 2.05) is 0 Å². The molecule has 0 aromatic rings. The smallest absolute Gasteiger partial charge is 0.321 e. The van der Waals surface area contributed by atoms with Gasteiger partial charge in [0.25, 0.3) is 11.8 Å². The topological polar surface area (TPSA) is 152 Å². The molecule has 0 saturated carbocycles. The molecule has 1 atom stereocenters. The normalized spacial score (nSPS) is 13.6. The molecule has 38 heavy (non-hydrogen) atoms. The van der Waals surface area contributed by atoms with Gasteiger partial charge in [-0.25, -0.2) is 0 Å². The molecule has 0 aliphatic carbocycles. The van der Waals surface area contributed by atoms with Crippen molar-refractivity contribution in [1.29, 1.82) is 0 Å². The zero-order chi connectivity index (χ0) is 29.2. The van der Waals surface area contributed by atoms with Gasteiger partial charge in [-0.15, -0.1) is 0 Å². The van der Waals surface area contributed by atoms with Crippen molar-refractivity contribution in [1.82, 2.24) is 4.90 Å². The summed E-state index contributed by atoms with van der Waals surface area (Å²) in [5.74, 6) is -6.77. The highest BCUT2D eigenvalue weighted by Crippen LogP contribution is 2.41. The van der Waals surface area contributed by atoms with Gasteiger partial charge in [0.1, 0.15) is 6.04 Å². The van der Waals surface area contributed by atoms with Crippen molar-refractivity contribution in [3.05, 3.63) is 0 Å². The van der Waals surface area contributed by atoms with E-state index in [4.69, 9.17) is 37.9 Å². The van der Waals surface area contributed by atoms with E-state index in [0.717, 1.165) is 0 Å². The van der Waals surface area contributed by atoms with E-state index in [1.165, 1.54) is 4.90 Å². The van der Waals surface area contributed by atoms with Gasteiger partial charge in [-0.2, -0.15) is 4.90 Å². The van der Waals surface area contributed by atoms with E-state index in [2.05, 4.69) is 0 Å². The van der Waals surface area contributed by atoms with Gasteiger partial charge in [-0.3, -0.25) is 9.59 Å². The van der Waals surface area contributed by atoms with E-state index in [0.29, 0.717) is 0 Å². The van der Waals surface area contributed by atoms with Crippen molar-refractivity contribution < 1.29 is 57.7 Å². The third-order valence-corrected chi connectivity index (χ3v) is 5.17. The monoisotopic (exact) mass is 555 g/mol. The molecule has 0 spiro atoms. The standard InChI is InChI=1S/C25H49NO12/c1-9-31-22(32-10-2)24(35-13-5,36-14-6)26(19(21(29)30)17-18-20(27)28)25(37-15-7,38-16-8)23(33-11-3)34-12-4/h19,22-23H,9-18H2,1-8H3,(H,27,28)(H,29,30)/t19-/m0/s1. The molecule has 0 amide bonds. The zero-order valence-electron chi connectivity index (χ0n) is 24.2. The number of carboxylic acid groups (broad SMARTS) is 2. The van der Waals surface area contributed by atoms with Gasteiger partial charge < -0.3 is 48.1 Å². The summed E-state index contributed by atoms with van der Waals surface area (Å²) in [5, 5.41) is 20.0. The molecule has 0 aromatic heterocycles. The summed E-state index contributed by atoms with van der Waals surface area (Å²) >= 11 is 0. The third kappa shape index (κ3) is 9.65. The first kappa shape index (κ1) is 36.6. The van der Waals surface area contributed by atoms with Crippen LogP contribution in [0.25, 0.3) is 0 Å². The zero-order valence-corrected chi connectivity index (χ0v) is 24.2. The number of hydrogen-bond acceptors (Lipinski definition) is 11. The maximum absolute atomic E-state index is 12.9. The van der Waals surface area contributed by atoms with Crippen LogP contribution in [0.3, 0.4) is 0 Å². The molecule has 13 nitrogen and oxygen atoms in total. The Labute approximate surface area is 226 Å². The Hall–Kier alpha value is -1.42. The molecule has 2 N–H and O–H groups in total. The quantitative estimate of drug-likeness (QED) is 0.159. The molecule has 13 heteroatoms. The molecule has 0 aliphatic heterocycles. The van der Waals surface area contributed by atoms with Gasteiger partial charge in [-0.05, 0) is 61.8 Å². The second kappa shape index (κ2) is 19.6. The Balaban J connectivity index is 7.88. The minimum atomic E-state index is -2.10. The van der Waals surface area contributed by atoms with Gasteiger partial charge in [0, 0.05) is 59.3 Å². The molecule has 226 valence electrons. The van der Waals surface area contributed by atoms with Gasteiger partial charge in [0.05, 0.1) is 0 Å². The highest BCUT2D eigenvalue weighted by Gasteiger charge is 2.65. The van der Waals surface area contributed by atoms with Gasteiger partial charge >= 0.3 is 11.9 Å². The summed E-state index contributed by atoms with van der Waals surface area (Å²) in [4.78, 5) is 25.7. The molecule has 0 aliphatic rings. The highest BCUT2D eigenvalue weighted by molar-refractivity contribution is 5.75. The van der Waals surface area contributed by atoms with E-state index >= 15 is 0 Å². The van der Waals surface area contributed by atoms with Crippen molar-refractivity contribution in [3.8, 4) is 0 Å². The van der Waals surface area contributed by atoms with Crippen LogP contribution < -0.4 is 0 Å². The van der Waals surface area contributed by atoms with E-state index in [-0.39, 0.29) is 59.3 Å². The summed E-state index contributed by atoms with van der Waals surface area (Å²) in [5.41, 5.74) is 0. The van der Waals surface area contributed by atoms with Gasteiger partial charge in [0.2, 0.25) is 12.6 Å². The lowest BCUT2D eigenvalue weighted by Crippen LogP contribution is -2.77. The number of ether oxygens (including phenoxy) is 8. The Kier molecular flexibility index (Phi) is 18.9. The maximum atomic E-state index is 12.9. The average Bonchev–Trinajstić information content (AvgIpc) is 2.85. The number of carboxylic acids is 2. The van der Waals surface area contributed by atoms with Crippen molar-refractivity contribution in [2.45, 2.75) is 98.7 Å². The van der Waals surface area contributed by atoms with E-state index < -0.39 is 48.8 Å². The summed E-state index contributed by atoms with van der Waals surface area (Å²) in [6.07, 6.45) is -3.48. The van der Waals surface area contributed by atoms with E-state index in [9.17, 15) is 19.8 Å². The summed E-state index contributed by atoms with van der Waals surface area (Å²) in [6.45, 7) is 14.5. The largest absolute Gasteiger partial charge is 0.481 e. The molecule has 0 heterocycles. The van der Waals surface area contributed by atoms with Crippen LogP contribution in [0, 0.1) is 0 Å². The Morgan fingerprint density at radius 3 is 1.13 bits per heavy atom. The summed E-state index contributed by atoms with van der Waals surface area (Å²) < 4.78 is 48.6. The van der Waals surface area contributed by atoms with Gasteiger partial charge in [-0.1, -0.05) is 0 Å². The molecular formula is C25H49NO12. The maximum Gasteiger partial charge on any atom is 0.321 e. The fourth-order valence-electron chi connectivity index (χ4n) is 4.09. The van der Waals surface area contributed by atoms with Crippen LogP contribution in [0.1, 0.15) is 68.2 Å². The Morgan fingerprint density at radius 2 is 0.921 bits per heavy atom. The molecule has 0 bridgehead atoms. The van der Waals surface area contributed by atoms with Crippen LogP contribution in [-0.2, 0) is 47.5 Å². The number of hydrogen-bond donors (Lipinski definition) is 2. The highest BCUT2D eigenvalue weighted by atomic mass is 16.8. The van der Waals surface area contributed by atoms with Crippen molar-refractivity contribution in [2.75, 3.05) is 52.9 Å². The molecule has 0 aromatic carbocycles. The van der Waals surface area contributed by atoms with Crippen LogP contribution in [0.4, 0.5) is 0 Å². The number of carbonyl (C=O) groups is 2. The first-order valence-electron chi connectivity index (χ1n) is 13.4. The lowest BCUT2D eigenvalue weighted by molar-refractivity contribution is -0.503. The SMILES string of the molecule is CCOC(OCC)C(OCC)(OCC)N([C@@H](CCC(=O)O)C(=O)O)C(OCC)(OCC)C(OCC)OCC. The van der Waals surface area contributed by atoms with Crippen molar-refractivity contribution in [3.63, 3.8) is 0 Å². The molecule has 0 unspecified atom stereocenters. The predicted molar refractivity (Wildman–Crippen MR) is 136 cm³/mol. The number of nitrogens with zero attached hydrogens (tertiary/aromatic N) is 1. The minimum absolute atomic E-state index is 0.0285. The molecule has 0 saturated heterocycles. The lowest BCUT2D eigenvalue weighted by atomic mass is 10.1. The first-order valence-corrected chi connectivity index (χ1v) is 13.4. The number of aliphatic carboxylic acids is 2. The van der Waals surface area contributed by atoms with Crippen LogP contribution in [0.15, 0.2) is 0 Å². The third-order valence-electron chi connectivity index (χ3n) is 5.17. The Morgan fingerprint density at radius 1 is 0.605 bits per heavy atom. The lowest BCUT2D eigenvalue weighted by Gasteiger charge is -2.56. The van der Waals surface area contributed by atoms with Crippen LogP contribution in [0.2, 0.25) is 0 Å². The molecule has 0 rings (SSSR count). The first-order chi connectivity index (χ1) is 18.2. The minimum Gasteiger partial charge on any atom is -0.481 e.